The summed E-state index contributed by atoms with van der Waals surface area (Å²) >= 11 is 0. The molecule has 5 rings (SSSR count). The lowest BCUT2D eigenvalue weighted by Gasteiger charge is -2.34. The Labute approximate surface area is 173 Å². The largest absolute Gasteiger partial charge is 0.381 e. The van der Waals surface area contributed by atoms with E-state index >= 15 is 0 Å². The predicted octanol–water partition coefficient (Wildman–Crippen LogP) is 1.96. The number of carbonyl (C=O) groups excluding carboxylic acids is 1. The topological polar surface area (TPSA) is 122 Å². The Bertz CT molecular complexity index is 1080. The predicted molar refractivity (Wildman–Crippen MR) is 110 cm³/mol. The van der Waals surface area contributed by atoms with Crippen molar-refractivity contribution in [2.45, 2.75) is 38.3 Å². The molecule has 10 heteroatoms. The highest BCUT2D eigenvalue weighted by Crippen LogP contribution is 2.35. The Morgan fingerprint density at radius 1 is 1.17 bits per heavy atom. The van der Waals surface area contributed by atoms with Gasteiger partial charge in [0.2, 0.25) is 5.91 Å². The number of carbonyl (C=O) groups is 1. The highest BCUT2D eigenvalue weighted by Gasteiger charge is 2.35. The number of ether oxygens (including phenoxy) is 1. The maximum atomic E-state index is 12.2. The summed E-state index contributed by atoms with van der Waals surface area (Å²) in [6.07, 6.45) is 6.16. The summed E-state index contributed by atoms with van der Waals surface area (Å²) in [4.78, 5) is 32.4. The number of hydrogen-bond acceptors (Lipinski definition) is 8. The average Bonchev–Trinajstić information content (AvgIpc) is 3.45. The third-order valence-electron chi connectivity index (χ3n) is 5.75. The fraction of sp³-hybridized carbons (Fsp3) is 0.400. The molecule has 0 saturated heterocycles. The van der Waals surface area contributed by atoms with E-state index in [1.165, 1.54) is 6.33 Å². The molecular weight excluding hydrogens is 384 g/mol. The van der Waals surface area contributed by atoms with Crippen molar-refractivity contribution < 1.29 is 9.53 Å². The van der Waals surface area contributed by atoms with E-state index in [4.69, 9.17) is 9.72 Å². The Kier molecular flexibility index (Phi) is 4.62. The van der Waals surface area contributed by atoms with Gasteiger partial charge in [0.1, 0.15) is 12.0 Å². The lowest BCUT2D eigenvalue weighted by Crippen LogP contribution is -2.44. The molecule has 4 heterocycles. The van der Waals surface area contributed by atoms with Crippen molar-refractivity contribution in [3.63, 3.8) is 0 Å². The molecule has 2 N–H and O–H groups in total. The molecule has 1 saturated carbocycles. The van der Waals surface area contributed by atoms with Crippen LogP contribution in [0.15, 0.2) is 24.7 Å². The highest BCUT2D eigenvalue weighted by atomic mass is 16.5. The molecule has 0 aromatic carbocycles. The zero-order valence-corrected chi connectivity index (χ0v) is 16.8. The molecule has 0 spiro atoms. The number of anilines is 2. The number of hydrogen-bond donors (Lipinski definition) is 2. The maximum absolute atomic E-state index is 12.2. The molecule has 0 radical (unpaired) electrons. The zero-order valence-electron chi connectivity index (χ0n) is 16.8. The second kappa shape index (κ2) is 7.45. The molecule has 1 amide bonds. The average molecular weight is 406 g/mol. The number of H-pyrrole nitrogens is 1. The number of fused-ring (bicyclic) bond motifs is 1. The van der Waals surface area contributed by atoms with Gasteiger partial charge in [-0.3, -0.25) is 9.89 Å². The number of aromatic nitrogens is 6. The lowest BCUT2D eigenvalue weighted by molar-refractivity contribution is -0.115. The highest BCUT2D eigenvalue weighted by molar-refractivity contribution is 5.99. The zero-order chi connectivity index (χ0) is 20.7. The number of aryl methyl sites for hydroxylation is 1. The summed E-state index contributed by atoms with van der Waals surface area (Å²) in [5, 5.41) is 9.53. The minimum atomic E-state index is -0.0697. The van der Waals surface area contributed by atoms with E-state index in [-0.39, 0.29) is 24.6 Å². The van der Waals surface area contributed by atoms with Crippen molar-refractivity contribution in [3.05, 3.63) is 30.4 Å². The number of amides is 1. The molecule has 30 heavy (non-hydrogen) atoms. The summed E-state index contributed by atoms with van der Waals surface area (Å²) in [5.41, 5.74) is 3.12. The van der Waals surface area contributed by atoms with Crippen molar-refractivity contribution in [1.82, 2.24) is 30.1 Å². The standard InChI is InChI=1S/C20H22N8O2/c1-11-14(5-6-15(24-11)18-22-10-23-27-18)16-8-21-19-20(25-16)28(9-17(29)26-19)12-3-4-13(7-12)30-2/h5-6,8,10,12-13H,3-4,7,9H2,1-2H3,(H,21,26,29)(H,22,23,27)/t12-,13+/m1/s1. The molecule has 0 bridgehead atoms. The summed E-state index contributed by atoms with van der Waals surface area (Å²) < 4.78 is 5.51. The molecule has 2 atom stereocenters. The van der Waals surface area contributed by atoms with Gasteiger partial charge in [0.25, 0.3) is 0 Å². The van der Waals surface area contributed by atoms with Gasteiger partial charge >= 0.3 is 0 Å². The third-order valence-corrected chi connectivity index (χ3v) is 5.75. The molecule has 0 unspecified atom stereocenters. The van der Waals surface area contributed by atoms with Crippen LogP contribution in [0.2, 0.25) is 0 Å². The van der Waals surface area contributed by atoms with Gasteiger partial charge in [-0.2, -0.15) is 5.10 Å². The molecule has 3 aromatic heterocycles. The van der Waals surface area contributed by atoms with Crippen molar-refractivity contribution in [3.8, 4) is 22.8 Å². The maximum Gasteiger partial charge on any atom is 0.245 e. The fourth-order valence-electron chi connectivity index (χ4n) is 4.21. The van der Waals surface area contributed by atoms with E-state index < -0.39 is 0 Å². The van der Waals surface area contributed by atoms with E-state index in [0.29, 0.717) is 28.8 Å². The van der Waals surface area contributed by atoms with Crippen LogP contribution in [-0.2, 0) is 9.53 Å². The van der Waals surface area contributed by atoms with Gasteiger partial charge in [-0.1, -0.05) is 0 Å². The number of nitrogens with one attached hydrogen (secondary N) is 2. The van der Waals surface area contributed by atoms with Crippen LogP contribution in [0, 0.1) is 6.92 Å². The molecule has 1 aliphatic heterocycles. The second-order valence-electron chi connectivity index (χ2n) is 7.59. The molecule has 10 nitrogen and oxygen atoms in total. The molecule has 154 valence electrons. The van der Waals surface area contributed by atoms with Gasteiger partial charge in [0.05, 0.1) is 24.5 Å². The Morgan fingerprint density at radius 2 is 2.07 bits per heavy atom. The molecule has 3 aromatic rings. The Hall–Kier alpha value is -3.40. The first-order valence-corrected chi connectivity index (χ1v) is 9.92. The van der Waals surface area contributed by atoms with Crippen LogP contribution in [0.4, 0.5) is 11.6 Å². The first-order chi connectivity index (χ1) is 14.6. The van der Waals surface area contributed by atoms with Crippen LogP contribution < -0.4 is 10.2 Å². The first kappa shape index (κ1) is 18.6. The normalized spacial score (nSPS) is 20.9. The first-order valence-electron chi connectivity index (χ1n) is 9.92. The van der Waals surface area contributed by atoms with Crippen molar-refractivity contribution in [2.24, 2.45) is 0 Å². The van der Waals surface area contributed by atoms with Crippen LogP contribution in [0.25, 0.3) is 22.8 Å². The van der Waals surface area contributed by atoms with Crippen LogP contribution in [-0.4, -0.2) is 61.8 Å². The summed E-state index contributed by atoms with van der Waals surface area (Å²) in [6, 6.07) is 4.04. The van der Waals surface area contributed by atoms with Crippen LogP contribution >= 0.6 is 0 Å². The van der Waals surface area contributed by atoms with E-state index in [0.717, 1.165) is 30.5 Å². The molecule has 2 aliphatic rings. The van der Waals surface area contributed by atoms with Crippen LogP contribution in [0.1, 0.15) is 25.0 Å². The van der Waals surface area contributed by atoms with Gasteiger partial charge in [-0.25, -0.2) is 19.9 Å². The summed E-state index contributed by atoms with van der Waals surface area (Å²) in [6.45, 7) is 2.20. The molecule has 1 aliphatic carbocycles. The SMILES string of the molecule is CO[C@H]1CC[C@@H](N2CC(=O)Nc3ncc(-c4ccc(-c5ncn[nH]5)nc4C)nc32)C1. The lowest BCUT2D eigenvalue weighted by atomic mass is 10.1. The molecular formula is C20H22N8O2. The van der Waals surface area contributed by atoms with Gasteiger partial charge in [-0.15, -0.1) is 0 Å². The number of nitrogens with zero attached hydrogens (tertiary/aromatic N) is 6. The van der Waals surface area contributed by atoms with E-state index in [1.807, 2.05) is 19.1 Å². The van der Waals surface area contributed by atoms with Crippen LogP contribution in [0.5, 0.6) is 0 Å². The van der Waals surface area contributed by atoms with Gasteiger partial charge in [0, 0.05) is 24.4 Å². The van der Waals surface area contributed by atoms with E-state index in [9.17, 15) is 4.79 Å². The van der Waals surface area contributed by atoms with E-state index in [2.05, 4.69) is 35.4 Å². The number of pyridine rings is 1. The minimum absolute atomic E-state index is 0.0697. The van der Waals surface area contributed by atoms with Gasteiger partial charge in [-0.05, 0) is 38.3 Å². The Balaban J connectivity index is 1.50. The van der Waals surface area contributed by atoms with Crippen LogP contribution in [0.3, 0.4) is 0 Å². The number of aromatic amines is 1. The third kappa shape index (κ3) is 3.28. The summed E-state index contributed by atoms with van der Waals surface area (Å²) in [7, 11) is 1.74. The number of methoxy groups -OCH3 is 1. The number of rotatable bonds is 4. The second-order valence-corrected chi connectivity index (χ2v) is 7.59. The van der Waals surface area contributed by atoms with Crippen molar-refractivity contribution in [2.75, 3.05) is 23.9 Å². The van der Waals surface area contributed by atoms with Crippen molar-refractivity contribution >= 4 is 17.5 Å². The minimum Gasteiger partial charge on any atom is -0.381 e. The van der Waals surface area contributed by atoms with E-state index in [1.54, 1.807) is 13.3 Å². The quantitative estimate of drug-likeness (QED) is 0.674. The fourth-order valence-corrected chi connectivity index (χ4v) is 4.21. The monoisotopic (exact) mass is 406 g/mol. The van der Waals surface area contributed by atoms with Crippen molar-refractivity contribution in [1.29, 1.82) is 0 Å². The van der Waals surface area contributed by atoms with Gasteiger partial charge in [0.15, 0.2) is 17.5 Å². The Morgan fingerprint density at radius 3 is 2.80 bits per heavy atom. The summed E-state index contributed by atoms with van der Waals surface area (Å²) in [5.74, 6) is 1.75. The molecule has 1 fully saturated rings. The smallest absolute Gasteiger partial charge is 0.245 e. The van der Waals surface area contributed by atoms with Gasteiger partial charge < -0.3 is 15.0 Å².